The lowest BCUT2D eigenvalue weighted by Crippen LogP contribution is -2.38. The second kappa shape index (κ2) is 7.84. The molecule has 1 atom stereocenters. The Labute approximate surface area is 164 Å². The average Bonchev–Trinajstić information content (AvgIpc) is 3.23. The van der Waals surface area contributed by atoms with Gasteiger partial charge in [-0.2, -0.15) is 4.98 Å². The van der Waals surface area contributed by atoms with Gasteiger partial charge < -0.3 is 14.2 Å². The molecule has 1 fully saturated rings. The van der Waals surface area contributed by atoms with E-state index in [1.807, 2.05) is 48.2 Å². The van der Waals surface area contributed by atoms with Crippen LogP contribution in [0.1, 0.15) is 47.1 Å². The second-order valence-electron chi connectivity index (χ2n) is 7.04. The van der Waals surface area contributed by atoms with Crippen molar-refractivity contribution in [3.63, 3.8) is 0 Å². The SMILES string of the molecule is COc1ccccc1C(=O)N1CCCCC1c1nc(-c2cccc(C)c2)no1. The quantitative estimate of drug-likeness (QED) is 0.673. The Morgan fingerprint density at radius 2 is 2.04 bits per heavy atom. The average molecular weight is 377 g/mol. The molecule has 2 aromatic carbocycles. The number of methoxy groups -OCH3 is 1. The number of aromatic nitrogens is 2. The molecule has 0 radical (unpaired) electrons. The highest BCUT2D eigenvalue weighted by Crippen LogP contribution is 2.33. The van der Waals surface area contributed by atoms with Crippen molar-refractivity contribution in [3.8, 4) is 17.1 Å². The van der Waals surface area contributed by atoms with E-state index in [0.29, 0.717) is 29.6 Å². The van der Waals surface area contributed by atoms with Crippen LogP contribution in [0.25, 0.3) is 11.4 Å². The highest BCUT2D eigenvalue weighted by Gasteiger charge is 2.33. The number of hydrogen-bond acceptors (Lipinski definition) is 5. The van der Waals surface area contributed by atoms with E-state index in [9.17, 15) is 4.79 Å². The minimum absolute atomic E-state index is 0.0718. The topological polar surface area (TPSA) is 68.5 Å². The number of aryl methyl sites for hydroxylation is 1. The smallest absolute Gasteiger partial charge is 0.258 e. The largest absolute Gasteiger partial charge is 0.496 e. The zero-order valence-electron chi connectivity index (χ0n) is 16.1. The lowest BCUT2D eigenvalue weighted by molar-refractivity contribution is 0.0558. The number of likely N-dealkylation sites (tertiary alicyclic amines) is 1. The van der Waals surface area contributed by atoms with Gasteiger partial charge in [-0.25, -0.2) is 0 Å². The fourth-order valence-corrected chi connectivity index (χ4v) is 3.68. The van der Waals surface area contributed by atoms with Crippen LogP contribution in [0.4, 0.5) is 0 Å². The summed E-state index contributed by atoms with van der Waals surface area (Å²) in [5.41, 5.74) is 2.60. The Bertz CT molecular complexity index is 982. The van der Waals surface area contributed by atoms with Crippen molar-refractivity contribution < 1.29 is 14.1 Å². The monoisotopic (exact) mass is 377 g/mol. The fraction of sp³-hybridized carbons (Fsp3) is 0.318. The first-order valence-electron chi connectivity index (χ1n) is 9.52. The minimum atomic E-state index is -0.225. The number of benzene rings is 2. The number of rotatable bonds is 4. The van der Waals surface area contributed by atoms with Crippen molar-refractivity contribution in [2.45, 2.75) is 32.2 Å². The summed E-state index contributed by atoms with van der Waals surface area (Å²) in [6.45, 7) is 2.68. The van der Waals surface area contributed by atoms with E-state index in [0.717, 1.165) is 30.4 Å². The number of ether oxygens (including phenoxy) is 1. The highest BCUT2D eigenvalue weighted by molar-refractivity contribution is 5.97. The predicted molar refractivity (Wildman–Crippen MR) is 105 cm³/mol. The van der Waals surface area contributed by atoms with Crippen LogP contribution in [0.5, 0.6) is 5.75 Å². The Balaban J connectivity index is 1.64. The summed E-state index contributed by atoms with van der Waals surface area (Å²) in [7, 11) is 1.58. The summed E-state index contributed by atoms with van der Waals surface area (Å²) in [4.78, 5) is 19.7. The second-order valence-corrected chi connectivity index (χ2v) is 7.04. The van der Waals surface area contributed by atoms with Crippen LogP contribution in [0.3, 0.4) is 0 Å². The van der Waals surface area contributed by atoms with Crippen molar-refractivity contribution in [2.75, 3.05) is 13.7 Å². The van der Waals surface area contributed by atoms with Gasteiger partial charge in [0.05, 0.1) is 12.7 Å². The van der Waals surface area contributed by atoms with Gasteiger partial charge in [-0.15, -0.1) is 0 Å². The lowest BCUT2D eigenvalue weighted by Gasteiger charge is -2.33. The number of amides is 1. The molecule has 144 valence electrons. The van der Waals surface area contributed by atoms with Crippen molar-refractivity contribution in [1.29, 1.82) is 0 Å². The highest BCUT2D eigenvalue weighted by atomic mass is 16.5. The maximum absolute atomic E-state index is 13.2. The summed E-state index contributed by atoms with van der Waals surface area (Å²) < 4.78 is 11.0. The van der Waals surface area contributed by atoms with E-state index in [-0.39, 0.29) is 11.9 Å². The zero-order chi connectivity index (χ0) is 19.5. The molecule has 0 saturated carbocycles. The van der Waals surface area contributed by atoms with E-state index < -0.39 is 0 Å². The van der Waals surface area contributed by atoms with E-state index >= 15 is 0 Å². The molecule has 1 unspecified atom stereocenters. The summed E-state index contributed by atoms with van der Waals surface area (Å²) >= 11 is 0. The molecular formula is C22H23N3O3. The first-order valence-corrected chi connectivity index (χ1v) is 9.52. The number of hydrogen-bond donors (Lipinski definition) is 0. The number of nitrogens with zero attached hydrogens (tertiary/aromatic N) is 3. The number of carbonyl (C=O) groups is 1. The van der Waals surface area contributed by atoms with Crippen LogP contribution < -0.4 is 4.74 Å². The van der Waals surface area contributed by atoms with Gasteiger partial charge in [0.1, 0.15) is 11.8 Å². The number of para-hydroxylation sites is 1. The van der Waals surface area contributed by atoms with Crippen LogP contribution in [0.2, 0.25) is 0 Å². The third-order valence-corrected chi connectivity index (χ3v) is 5.10. The summed E-state index contributed by atoms with van der Waals surface area (Å²) in [5, 5.41) is 4.15. The molecule has 0 aliphatic carbocycles. The molecule has 2 heterocycles. The molecule has 1 amide bonds. The molecule has 1 aromatic heterocycles. The standard InChI is InChI=1S/C22H23N3O3/c1-15-8-7-9-16(14-15)20-23-21(28-24-20)18-11-5-6-13-25(18)22(26)17-10-3-4-12-19(17)27-2/h3-4,7-10,12,14,18H,5-6,11,13H2,1-2H3. The molecule has 1 saturated heterocycles. The van der Waals surface area contributed by atoms with Crippen LogP contribution in [0.15, 0.2) is 53.1 Å². The molecule has 4 rings (SSSR count). The summed E-state index contributed by atoms with van der Waals surface area (Å²) in [5.74, 6) is 1.54. The maximum Gasteiger partial charge on any atom is 0.258 e. The van der Waals surface area contributed by atoms with Crippen molar-refractivity contribution >= 4 is 5.91 Å². The summed E-state index contributed by atoms with van der Waals surface area (Å²) in [6, 6.07) is 15.0. The predicted octanol–water partition coefficient (Wildman–Crippen LogP) is 4.42. The molecule has 6 nitrogen and oxygen atoms in total. The van der Waals surface area contributed by atoms with E-state index in [4.69, 9.17) is 9.26 Å². The fourth-order valence-electron chi connectivity index (χ4n) is 3.68. The molecule has 1 aliphatic rings. The molecule has 0 N–H and O–H groups in total. The first-order chi connectivity index (χ1) is 13.7. The van der Waals surface area contributed by atoms with E-state index in [2.05, 4.69) is 10.1 Å². The van der Waals surface area contributed by atoms with Gasteiger partial charge in [-0.3, -0.25) is 4.79 Å². The number of piperidine rings is 1. The third kappa shape index (κ3) is 3.50. The van der Waals surface area contributed by atoms with Gasteiger partial charge >= 0.3 is 0 Å². The van der Waals surface area contributed by atoms with Gasteiger partial charge in [0.15, 0.2) is 0 Å². The molecule has 28 heavy (non-hydrogen) atoms. The number of carbonyl (C=O) groups excluding carboxylic acids is 1. The molecule has 0 bridgehead atoms. The Hall–Kier alpha value is -3.15. The van der Waals surface area contributed by atoms with Gasteiger partial charge in [0.2, 0.25) is 11.7 Å². The molecule has 3 aromatic rings. The zero-order valence-corrected chi connectivity index (χ0v) is 16.1. The van der Waals surface area contributed by atoms with Crippen LogP contribution in [-0.2, 0) is 0 Å². The van der Waals surface area contributed by atoms with Crippen molar-refractivity contribution in [3.05, 3.63) is 65.5 Å². The van der Waals surface area contributed by atoms with E-state index in [1.165, 1.54) is 0 Å². The van der Waals surface area contributed by atoms with Gasteiger partial charge in [0.25, 0.3) is 5.91 Å². The minimum Gasteiger partial charge on any atom is -0.496 e. The van der Waals surface area contributed by atoms with Gasteiger partial charge in [-0.05, 0) is 44.4 Å². The third-order valence-electron chi connectivity index (χ3n) is 5.10. The van der Waals surface area contributed by atoms with Crippen LogP contribution in [0, 0.1) is 6.92 Å². The van der Waals surface area contributed by atoms with Crippen molar-refractivity contribution in [1.82, 2.24) is 15.0 Å². The summed E-state index contributed by atoms with van der Waals surface area (Å²) in [6.07, 6.45) is 2.77. The Morgan fingerprint density at radius 1 is 1.18 bits per heavy atom. The Kier molecular flexibility index (Phi) is 5.10. The van der Waals surface area contributed by atoms with E-state index in [1.54, 1.807) is 19.2 Å². The first kappa shape index (κ1) is 18.2. The molecule has 0 spiro atoms. The molecular weight excluding hydrogens is 354 g/mol. The molecule has 6 heteroatoms. The maximum atomic E-state index is 13.2. The normalized spacial score (nSPS) is 16.8. The Morgan fingerprint density at radius 3 is 2.86 bits per heavy atom. The molecule has 1 aliphatic heterocycles. The van der Waals surface area contributed by atoms with Crippen LogP contribution >= 0.6 is 0 Å². The van der Waals surface area contributed by atoms with Crippen molar-refractivity contribution in [2.24, 2.45) is 0 Å². The van der Waals surface area contributed by atoms with Gasteiger partial charge in [0, 0.05) is 12.1 Å². The van der Waals surface area contributed by atoms with Crippen LogP contribution in [-0.4, -0.2) is 34.6 Å². The lowest BCUT2D eigenvalue weighted by atomic mass is 10.0. The van der Waals surface area contributed by atoms with Gasteiger partial charge in [-0.1, -0.05) is 41.1 Å².